The summed E-state index contributed by atoms with van der Waals surface area (Å²) in [6.07, 6.45) is 2.26. The van der Waals surface area contributed by atoms with Gasteiger partial charge in [-0.2, -0.15) is 0 Å². The van der Waals surface area contributed by atoms with Gasteiger partial charge in [0, 0.05) is 24.0 Å². The van der Waals surface area contributed by atoms with Crippen molar-refractivity contribution in [1.82, 2.24) is 10.3 Å². The zero-order valence-corrected chi connectivity index (χ0v) is 11.7. The van der Waals surface area contributed by atoms with Crippen molar-refractivity contribution < 1.29 is 8.78 Å². The van der Waals surface area contributed by atoms with Crippen LogP contribution >= 0.6 is 0 Å². The summed E-state index contributed by atoms with van der Waals surface area (Å²) in [5.74, 6) is -1.06. The molecule has 1 atom stereocenters. The highest BCUT2D eigenvalue weighted by Gasteiger charge is 2.14. The lowest BCUT2D eigenvalue weighted by molar-refractivity contribution is 0.520. The average Bonchev–Trinajstić information content (AvgIpc) is 2.42. The van der Waals surface area contributed by atoms with Crippen molar-refractivity contribution in [2.24, 2.45) is 0 Å². The second-order valence-corrected chi connectivity index (χ2v) is 4.78. The largest absolute Gasteiger partial charge is 0.310 e. The molecule has 0 aliphatic rings. The lowest BCUT2D eigenvalue weighted by Crippen LogP contribution is -2.23. The monoisotopic (exact) mass is 276 g/mol. The normalized spacial score (nSPS) is 12.4. The second-order valence-electron chi connectivity index (χ2n) is 4.78. The maximum absolute atomic E-state index is 13.7. The Bertz CT molecular complexity index is 567. The Morgan fingerprint density at radius 2 is 2.00 bits per heavy atom. The number of nitrogens with one attached hydrogen (secondary N) is 1. The van der Waals surface area contributed by atoms with E-state index in [0.29, 0.717) is 12.0 Å². The summed E-state index contributed by atoms with van der Waals surface area (Å²) < 4.78 is 26.7. The predicted molar refractivity (Wildman–Crippen MR) is 75.5 cm³/mol. The van der Waals surface area contributed by atoms with Gasteiger partial charge in [-0.1, -0.05) is 19.1 Å². The first-order chi connectivity index (χ1) is 9.60. The third-order valence-electron chi connectivity index (χ3n) is 3.23. The Morgan fingerprint density at radius 1 is 1.20 bits per heavy atom. The molecule has 0 bridgehead atoms. The van der Waals surface area contributed by atoms with Gasteiger partial charge in [-0.05, 0) is 43.1 Å². The molecule has 0 amide bonds. The molecule has 20 heavy (non-hydrogen) atoms. The molecule has 0 saturated carbocycles. The minimum absolute atomic E-state index is 0.0342. The number of pyridine rings is 1. The fourth-order valence-electron chi connectivity index (χ4n) is 2.15. The molecule has 2 aromatic rings. The van der Waals surface area contributed by atoms with E-state index in [2.05, 4.69) is 10.3 Å². The van der Waals surface area contributed by atoms with Crippen LogP contribution in [0.3, 0.4) is 0 Å². The smallest absolute Gasteiger partial charge is 0.129 e. The molecule has 0 radical (unpaired) electrons. The molecule has 1 heterocycles. The molecule has 4 heteroatoms. The Labute approximate surface area is 117 Å². The van der Waals surface area contributed by atoms with Gasteiger partial charge in [0.2, 0.25) is 0 Å². The topological polar surface area (TPSA) is 24.9 Å². The Kier molecular flexibility index (Phi) is 4.79. The van der Waals surface area contributed by atoms with Crippen LogP contribution in [-0.2, 0) is 6.42 Å². The molecular weight excluding hydrogens is 258 g/mol. The quantitative estimate of drug-likeness (QED) is 0.903. The highest BCUT2D eigenvalue weighted by molar-refractivity contribution is 5.24. The first kappa shape index (κ1) is 14.6. The summed E-state index contributed by atoms with van der Waals surface area (Å²) in [6, 6.07) is 7.59. The van der Waals surface area contributed by atoms with Crippen LogP contribution in [0.15, 0.2) is 36.5 Å². The SMILES string of the molecule is CCNC(Cc1ccc(F)cc1F)c1ccc(C)nc1. The van der Waals surface area contributed by atoms with E-state index in [0.717, 1.165) is 23.9 Å². The molecule has 0 aliphatic heterocycles. The number of rotatable bonds is 5. The van der Waals surface area contributed by atoms with Crippen LogP contribution in [0.2, 0.25) is 0 Å². The first-order valence-electron chi connectivity index (χ1n) is 6.70. The summed E-state index contributed by atoms with van der Waals surface area (Å²) in [5, 5.41) is 3.31. The van der Waals surface area contributed by atoms with Crippen molar-refractivity contribution in [3.63, 3.8) is 0 Å². The Morgan fingerprint density at radius 3 is 2.60 bits per heavy atom. The van der Waals surface area contributed by atoms with Crippen LogP contribution in [-0.4, -0.2) is 11.5 Å². The average molecular weight is 276 g/mol. The van der Waals surface area contributed by atoms with Gasteiger partial charge < -0.3 is 5.32 Å². The molecule has 1 N–H and O–H groups in total. The van der Waals surface area contributed by atoms with Crippen molar-refractivity contribution in [2.45, 2.75) is 26.3 Å². The highest BCUT2D eigenvalue weighted by Crippen LogP contribution is 2.20. The Hall–Kier alpha value is -1.81. The van der Waals surface area contributed by atoms with E-state index < -0.39 is 11.6 Å². The summed E-state index contributed by atoms with van der Waals surface area (Å²) in [7, 11) is 0. The van der Waals surface area contributed by atoms with Gasteiger partial charge in [0.25, 0.3) is 0 Å². The van der Waals surface area contributed by atoms with Crippen molar-refractivity contribution in [3.8, 4) is 0 Å². The summed E-state index contributed by atoms with van der Waals surface area (Å²) >= 11 is 0. The molecule has 1 aromatic heterocycles. The predicted octanol–water partition coefficient (Wildman–Crippen LogP) is 3.56. The molecule has 2 nitrogen and oxygen atoms in total. The number of hydrogen-bond donors (Lipinski definition) is 1. The number of halogens is 2. The summed E-state index contributed by atoms with van der Waals surface area (Å²) in [5.41, 5.74) is 2.44. The molecular formula is C16H18F2N2. The zero-order chi connectivity index (χ0) is 14.5. The van der Waals surface area contributed by atoms with Crippen LogP contribution in [0.1, 0.15) is 29.8 Å². The number of hydrogen-bond acceptors (Lipinski definition) is 2. The van der Waals surface area contributed by atoms with Crippen LogP contribution in [0.5, 0.6) is 0 Å². The Balaban J connectivity index is 2.22. The maximum Gasteiger partial charge on any atom is 0.129 e. The third kappa shape index (κ3) is 3.61. The van der Waals surface area contributed by atoms with Gasteiger partial charge >= 0.3 is 0 Å². The number of likely N-dealkylation sites (N-methyl/N-ethyl adjacent to an activating group) is 1. The molecule has 2 rings (SSSR count). The molecule has 0 spiro atoms. The minimum Gasteiger partial charge on any atom is -0.310 e. The lowest BCUT2D eigenvalue weighted by Gasteiger charge is -2.18. The number of aryl methyl sites for hydroxylation is 1. The van der Waals surface area contributed by atoms with Crippen LogP contribution in [0.25, 0.3) is 0 Å². The van der Waals surface area contributed by atoms with E-state index >= 15 is 0 Å². The molecule has 1 aromatic carbocycles. The van der Waals surface area contributed by atoms with E-state index in [-0.39, 0.29) is 6.04 Å². The van der Waals surface area contributed by atoms with Gasteiger partial charge in [-0.3, -0.25) is 4.98 Å². The standard InChI is InChI=1S/C16H18F2N2/c1-3-19-16(13-5-4-11(2)20-10-13)8-12-6-7-14(17)9-15(12)18/h4-7,9-10,16,19H,3,8H2,1-2H3. The van der Waals surface area contributed by atoms with Gasteiger partial charge in [0.1, 0.15) is 11.6 Å². The van der Waals surface area contributed by atoms with E-state index in [1.54, 1.807) is 6.20 Å². The van der Waals surface area contributed by atoms with E-state index in [9.17, 15) is 8.78 Å². The number of benzene rings is 1. The van der Waals surface area contributed by atoms with Gasteiger partial charge in [-0.25, -0.2) is 8.78 Å². The van der Waals surface area contributed by atoms with Gasteiger partial charge in [0.15, 0.2) is 0 Å². The molecule has 1 unspecified atom stereocenters. The molecule has 0 aliphatic carbocycles. The van der Waals surface area contributed by atoms with Crippen molar-refractivity contribution in [2.75, 3.05) is 6.54 Å². The van der Waals surface area contributed by atoms with E-state index in [1.807, 2.05) is 26.0 Å². The number of aromatic nitrogens is 1. The van der Waals surface area contributed by atoms with Gasteiger partial charge in [-0.15, -0.1) is 0 Å². The fraction of sp³-hybridized carbons (Fsp3) is 0.312. The van der Waals surface area contributed by atoms with Crippen LogP contribution in [0, 0.1) is 18.6 Å². The minimum atomic E-state index is -0.553. The zero-order valence-electron chi connectivity index (χ0n) is 11.7. The molecule has 0 fully saturated rings. The van der Waals surface area contributed by atoms with Crippen molar-refractivity contribution >= 4 is 0 Å². The highest BCUT2D eigenvalue weighted by atomic mass is 19.1. The molecule has 106 valence electrons. The fourth-order valence-corrected chi connectivity index (χ4v) is 2.15. The van der Waals surface area contributed by atoms with Crippen LogP contribution < -0.4 is 5.32 Å². The van der Waals surface area contributed by atoms with Crippen LogP contribution in [0.4, 0.5) is 8.78 Å². The lowest BCUT2D eigenvalue weighted by atomic mass is 9.99. The second kappa shape index (κ2) is 6.57. The third-order valence-corrected chi connectivity index (χ3v) is 3.23. The molecule has 0 saturated heterocycles. The number of nitrogens with zero attached hydrogens (tertiary/aromatic N) is 1. The maximum atomic E-state index is 13.7. The van der Waals surface area contributed by atoms with E-state index in [4.69, 9.17) is 0 Å². The summed E-state index contributed by atoms with van der Waals surface area (Å²) in [6.45, 7) is 4.68. The van der Waals surface area contributed by atoms with Crippen molar-refractivity contribution in [1.29, 1.82) is 0 Å². The summed E-state index contributed by atoms with van der Waals surface area (Å²) in [4.78, 5) is 4.27. The first-order valence-corrected chi connectivity index (χ1v) is 6.70. The van der Waals surface area contributed by atoms with Crippen molar-refractivity contribution in [3.05, 3.63) is 65.0 Å². The van der Waals surface area contributed by atoms with Gasteiger partial charge in [0.05, 0.1) is 0 Å². The van der Waals surface area contributed by atoms with E-state index in [1.165, 1.54) is 12.1 Å².